The summed E-state index contributed by atoms with van der Waals surface area (Å²) in [5.74, 6) is 2.15. The van der Waals surface area contributed by atoms with Gasteiger partial charge in [-0.1, -0.05) is 19.4 Å². The summed E-state index contributed by atoms with van der Waals surface area (Å²) in [7, 11) is 0. The Morgan fingerprint density at radius 1 is 1.32 bits per heavy atom. The van der Waals surface area contributed by atoms with E-state index in [2.05, 4.69) is 6.92 Å². The zero-order valence-electron chi connectivity index (χ0n) is 11.8. The molecule has 1 heterocycles. The Morgan fingerprint density at radius 2 is 2.16 bits per heavy atom. The summed E-state index contributed by atoms with van der Waals surface area (Å²) in [6, 6.07) is 5.67. The summed E-state index contributed by atoms with van der Waals surface area (Å²) in [6.45, 7) is 7.32. The lowest BCUT2D eigenvalue weighted by atomic mass is 10.3. The van der Waals surface area contributed by atoms with E-state index in [1.807, 2.05) is 32.0 Å². The predicted molar refractivity (Wildman–Crippen MR) is 73.0 cm³/mol. The topological polar surface area (TPSA) is 36.9 Å². The van der Waals surface area contributed by atoms with Gasteiger partial charge in [0.1, 0.15) is 6.61 Å². The highest BCUT2D eigenvalue weighted by molar-refractivity contribution is 5.52. The molecule has 0 aliphatic carbocycles. The van der Waals surface area contributed by atoms with Crippen LogP contribution in [0.3, 0.4) is 0 Å². The molecule has 1 aliphatic heterocycles. The molecule has 4 heteroatoms. The maximum atomic E-state index is 5.76. The van der Waals surface area contributed by atoms with Crippen LogP contribution in [0.5, 0.6) is 17.2 Å². The fraction of sp³-hybridized carbons (Fsp3) is 0.600. The number of hydrogen-bond donors (Lipinski definition) is 0. The Kier molecular flexibility index (Phi) is 4.91. The van der Waals surface area contributed by atoms with E-state index < -0.39 is 0 Å². The third-order valence-electron chi connectivity index (χ3n) is 2.89. The van der Waals surface area contributed by atoms with Gasteiger partial charge < -0.3 is 18.9 Å². The van der Waals surface area contributed by atoms with Gasteiger partial charge in [-0.3, -0.25) is 0 Å². The van der Waals surface area contributed by atoms with Gasteiger partial charge in [0.05, 0.1) is 6.10 Å². The molecule has 0 saturated heterocycles. The molecule has 1 aliphatic rings. The predicted octanol–water partition coefficient (Wildman–Crippen LogP) is 3.39. The number of benzene rings is 1. The van der Waals surface area contributed by atoms with E-state index in [1.165, 1.54) is 0 Å². The van der Waals surface area contributed by atoms with Crippen LogP contribution in [0.25, 0.3) is 0 Å². The minimum Gasteiger partial charge on any atom is -0.487 e. The number of unbranched alkanes of at least 4 members (excludes halogenated alkanes) is 1. The number of para-hydroxylation sites is 1. The first-order chi connectivity index (χ1) is 9.20. The Hall–Kier alpha value is -1.42. The van der Waals surface area contributed by atoms with Crippen LogP contribution in [0.2, 0.25) is 0 Å². The monoisotopic (exact) mass is 266 g/mol. The molecule has 0 spiro atoms. The van der Waals surface area contributed by atoms with Crippen LogP contribution in [0.15, 0.2) is 18.2 Å². The lowest BCUT2D eigenvalue weighted by molar-refractivity contribution is 0.0287. The van der Waals surface area contributed by atoms with Gasteiger partial charge in [0.25, 0.3) is 0 Å². The van der Waals surface area contributed by atoms with Gasteiger partial charge in [0.2, 0.25) is 12.0 Å². The molecule has 0 amide bonds. The maximum absolute atomic E-state index is 5.76. The largest absolute Gasteiger partial charge is 0.487 e. The van der Waals surface area contributed by atoms with Crippen LogP contribution >= 0.6 is 0 Å². The Labute approximate surface area is 114 Å². The molecule has 2 rings (SSSR count). The van der Waals surface area contributed by atoms with Gasteiger partial charge in [-0.25, -0.2) is 0 Å². The van der Waals surface area contributed by atoms with Crippen molar-refractivity contribution < 1.29 is 18.9 Å². The summed E-state index contributed by atoms with van der Waals surface area (Å²) < 4.78 is 22.5. The second-order valence-electron chi connectivity index (χ2n) is 4.73. The highest BCUT2D eigenvalue weighted by atomic mass is 16.7. The van der Waals surface area contributed by atoms with E-state index >= 15 is 0 Å². The first-order valence-electron chi connectivity index (χ1n) is 6.91. The molecule has 0 saturated carbocycles. The summed E-state index contributed by atoms with van der Waals surface area (Å²) in [5.41, 5.74) is 0. The molecule has 4 nitrogen and oxygen atoms in total. The number of ether oxygens (including phenoxy) is 4. The van der Waals surface area contributed by atoms with Crippen molar-refractivity contribution in [1.29, 1.82) is 0 Å². The SMILES string of the molecule is CCCCOC(C)COc1cccc2c1OC(C)O2. The van der Waals surface area contributed by atoms with Crippen LogP contribution < -0.4 is 14.2 Å². The fourth-order valence-corrected chi connectivity index (χ4v) is 1.87. The van der Waals surface area contributed by atoms with Gasteiger partial charge in [0, 0.05) is 13.5 Å². The number of fused-ring (bicyclic) bond motifs is 1. The van der Waals surface area contributed by atoms with E-state index in [-0.39, 0.29) is 12.4 Å². The van der Waals surface area contributed by atoms with Crippen LogP contribution in [0.4, 0.5) is 0 Å². The first kappa shape index (κ1) is 14.0. The van der Waals surface area contributed by atoms with E-state index in [4.69, 9.17) is 18.9 Å². The quantitative estimate of drug-likeness (QED) is 0.709. The lowest BCUT2D eigenvalue weighted by Gasteiger charge is -2.15. The molecule has 0 bridgehead atoms. The maximum Gasteiger partial charge on any atom is 0.239 e. The lowest BCUT2D eigenvalue weighted by Crippen LogP contribution is -2.19. The molecule has 1 aromatic carbocycles. The standard InChI is InChI=1S/C15H22O4/c1-4-5-9-16-11(2)10-17-13-7-6-8-14-15(13)19-12(3)18-14/h6-8,11-12H,4-5,9-10H2,1-3H3. The van der Waals surface area contributed by atoms with Crippen molar-refractivity contribution in [3.8, 4) is 17.2 Å². The van der Waals surface area contributed by atoms with E-state index in [0.717, 1.165) is 25.2 Å². The van der Waals surface area contributed by atoms with E-state index in [9.17, 15) is 0 Å². The van der Waals surface area contributed by atoms with Crippen molar-refractivity contribution in [2.75, 3.05) is 13.2 Å². The molecule has 19 heavy (non-hydrogen) atoms. The van der Waals surface area contributed by atoms with Gasteiger partial charge in [-0.15, -0.1) is 0 Å². The average Bonchev–Trinajstić information content (AvgIpc) is 2.77. The van der Waals surface area contributed by atoms with Crippen molar-refractivity contribution in [2.24, 2.45) is 0 Å². The third kappa shape index (κ3) is 3.77. The minimum absolute atomic E-state index is 0.0714. The second-order valence-corrected chi connectivity index (χ2v) is 4.73. The summed E-state index contributed by atoms with van der Waals surface area (Å²) in [6.07, 6.45) is 2.04. The Morgan fingerprint density at radius 3 is 2.95 bits per heavy atom. The molecule has 0 N–H and O–H groups in total. The second kappa shape index (κ2) is 6.66. The van der Waals surface area contributed by atoms with E-state index in [0.29, 0.717) is 18.1 Å². The highest BCUT2D eigenvalue weighted by Gasteiger charge is 2.24. The van der Waals surface area contributed by atoms with Crippen molar-refractivity contribution in [3.05, 3.63) is 18.2 Å². The highest BCUT2D eigenvalue weighted by Crippen LogP contribution is 2.42. The van der Waals surface area contributed by atoms with E-state index in [1.54, 1.807) is 0 Å². The Bertz CT molecular complexity index is 405. The average molecular weight is 266 g/mol. The molecule has 0 fully saturated rings. The van der Waals surface area contributed by atoms with Crippen molar-refractivity contribution in [2.45, 2.75) is 46.0 Å². The van der Waals surface area contributed by atoms with Gasteiger partial charge in [-0.05, 0) is 25.5 Å². The Balaban J connectivity index is 1.85. The summed E-state index contributed by atoms with van der Waals surface area (Å²) in [5, 5.41) is 0. The normalized spacial score (nSPS) is 18.4. The molecule has 106 valence electrons. The third-order valence-corrected chi connectivity index (χ3v) is 2.89. The minimum atomic E-state index is -0.252. The summed E-state index contributed by atoms with van der Waals surface area (Å²) in [4.78, 5) is 0. The van der Waals surface area contributed by atoms with Gasteiger partial charge in [-0.2, -0.15) is 0 Å². The zero-order valence-corrected chi connectivity index (χ0v) is 11.8. The number of hydrogen-bond acceptors (Lipinski definition) is 4. The molecule has 2 unspecified atom stereocenters. The van der Waals surface area contributed by atoms with Gasteiger partial charge >= 0.3 is 0 Å². The molecule has 0 aromatic heterocycles. The zero-order chi connectivity index (χ0) is 13.7. The van der Waals surface area contributed by atoms with Crippen LogP contribution in [0.1, 0.15) is 33.6 Å². The molecule has 1 aromatic rings. The smallest absolute Gasteiger partial charge is 0.239 e. The molecular formula is C15H22O4. The molecular weight excluding hydrogens is 244 g/mol. The number of rotatable bonds is 7. The molecule has 2 atom stereocenters. The van der Waals surface area contributed by atoms with Gasteiger partial charge in [0.15, 0.2) is 11.5 Å². The van der Waals surface area contributed by atoms with Crippen molar-refractivity contribution in [3.63, 3.8) is 0 Å². The van der Waals surface area contributed by atoms with Crippen LogP contribution in [-0.4, -0.2) is 25.6 Å². The van der Waals surface area contributed by atoms with Crippen molar-refractivity contribution >= 4 is 0 Å². The fourth-order valence-electron chi connectivity index (χ4n) is 1.87. The molecule has 0 radical (unpaired) electrons. The van der Waals surface area contributed by atoms with Crippen LogP contribution in [-0.2, 0) is 4.74 Å². The van der Waals surface area contributed by atoms with Crippen LogP contribution in [0, 0.1) is 0 Å². The van der Waals surface area contributed by atoms with Crippen molar-refractivity contribution in [1.82, 2.24) is 0 Å². The first-order valence-corrected chi connectivity index (χ1v) is 6.91. The summed E-state index contributed by atoms with van der Waals surface area (Å²) >= 11 is 0.